The highest BCUT2D eigenvalue weighted by molar-refractivity contribution is 7.85. The number of aryl methyl sites for hydroxylation is 2. The SMILES string of the molecule is C=Cc1cccc[n+]1CCCC.Cc1ccc(S(=O)(=O)[O-])cc1. The number of nitrogens with zero attached hydrogens (tertiary/aromatic N) is 1. The van der Waals surface area contributed by atoms with Crippen molar-refractivity contribution in [2.75, 3.05) is 0 Å². The van der Waals surface area contributed by atoms with Crippen molar-refractivity contribution in [2.24, 2.45) is 0 Å². The molecule has 0 aliphatic heterocycles. The van der Waals surface area contributed by atoms with Gasteiger partial charge in [0, 0.05) is 24.6 Å². The van der Waals surface area contributed by atoms with Gasteiger partial charge in [-0.15, -0.1) is 0 Å². The van der Waals surface area contributed by atoms with Gasteiger partial charge in [-0.1, -0.05) is 37.6 Å². The van der Waals surface area contributed by atoms with Crippen molar-refractivity contribution >= 4 is 16.2 Å². The van der Waals surface area contributed by atoms with Gasteiger partial charge in [0.1, 0.15) is 16.7 Å². The Kier molecular flexibility index (Phi) is 7.65. The lowest BCUT2D eigenvalue weighted by atomic mass is 10.2. The van der Waals surface area contributed by atoms with E-state index in [0.29, 0.717) is 0 Å². The van der Waals surface area contributed by atoms with E-state index in [1.807, 2.05) is 19.1 Å². The zero-order valence-corrected chi connectivity index (χ0v) is 14.4. The van der Waals surface area contributed by atoms with Crippen molar-refractivity contribution in [2.45, 2.75) is 38.1 Å². The predicted octanol–water partition coefficient (Wildman–Crippen LogP) is 3.32. The molecule has 4 nitrogen and oxygen atoms in total. The first-order valence-corrected chi connectivity index (χ1v) is 8.92. The molecule has 1 aromatic heterocycles. The second-order valence-corrected chi connectivity index (χ2v) is 6.52. The van der Waals surface area contributed by atoms with Gasteiger partial charge in [0.2, 0.25) is 5.69 Å². The highest BCUT2D eigenvalue weighted by Crippen LogP contribution is 2.08. The largest absolute Gasteiger partial charge is 0.744 e. The molecule has 0 atom stereocenters. The molecular formula is C18H23NO3S. The van der Waals surface area contributed by atoms with Crippen molar-refractivity contribution in [3.8, 4) is 0 Å². The van der Waals surface area contributed by atoms with Crippen LogP contribution in [0, 0.1) is 6.92 Å². The van der Waals surface area contributed by atoms with Gasteiger partial charge in [-0.2, -0.15) is 4.57 Å². The lowest BCUT2D eigenvalue weighted by molar-refractivity contribution is -0.699. The van der Waals surface area contributed by atoms with Gasteiger partial charge >= 0.3 is 0 Å². The number of hydrogen-bond acceptors (Lipinski definition) is 3. The van der Waals surface area contributed by atoms with Crippen LogP contribution >= 0.6 is 0 Å². The first-order chi connectivity index (χ1) is 10.9. The van der Waals surface area contributed by atoms with Crippen LogP contribution in [0.25, 0.3) is 6.08 Å². The van der Waals surface area contributed by atoms with Gasteiger partial charge in [-0.3, -0.25) is 0 Å². The van der Waals surface area contributed by atoms with Crippen molar-refractivity contribution in [1.82, 2.24) is 0 Å². The van der Waals surface area contributed by atoms with Gasteiger partial charge in [0.15, 0.2) is 6.20 Å². The lowest BCUT2D eigenvalue weighted by Crippen LogP contribution is -2.36. The van der Waals surface area contributed by atoms with E-state index >= 15 is 0 Å². The van der Waals surface area contributed by atoms with Crippen LogP contribution in [-0.2, 0) is 16.7 Å². The summed E-state index contributed by atoms with van der Waals surface area (Å²) in [6.45, 7) is 8.90. The van der Waals surface area contributed by atoms with E-state index < -0.39 is 10.1 Å². The third-order valence-corrected chi connectivity index (χ3v) is 4.10. The van der Waals surface area contributed by atoms with E-state index in [4.69, 9.17) is 0 Å². The van der Waals surface area contributed by atoms with E-state index in [9.17, 15) is 13.0 Å². The molecule has 0 fully saturated rings. The molecule has 0 N–H and O–H groups in total. The van der Waals surface area contributed by atoms with E-state index in [2.05, 4.69) is 36.4 Å². The zero-order chi connectivity index (χ0) is 17.3. The van der Waals surface area contributed by atoms with Crippen LogP contribution in [0.5, 0.6) is 0 Å². The maximum Gasteiger partial charge on any atom is 0.204 e. The molecule has 2 aromatic rings. The Hall–Kier alpha value is -1.98. The number of aromatic nitrogens is 1. The molecule has 5 heteroatoms. The molecular weight excluding hydrogens is 310 g/mol. The Balaban J connectivity index is 0.000000231. The summed E-state index contributed by atoms with van der Waals surface area (Å²) in [5, 5.41) is 0. The number of rotatable bonds is 5. The monoisotopic (exact) mass is 333 g/mol. The van der Waals surface area contributed by atoms with Crippen LogP contribution in [0.2, 0.25) is 0 Å². The van der Waals surface area contributed by atoms with Crippen LogP contribution in [0.4, 0.5) is 0 Å². The fraction of sp³-hybridized carbons (Fsp3) is 0.278. The average molecular weight is 333 g/mol. The number of hydrogen-bond donors (Lipinski definition) is 0. The lowest BCUT2D eigenvalue weighted by Gasteiger charge is -2.05. The summed E-state index contributed by atoms with van der Waals surface area (Å²) in [6, 6.07) is 12.0. The van der Waals surface area contributed by atoms with Crippen molar-refractivity contribution < 1.29 is 17.5 Å². The Morgan fingerprint density at radius 2 is 1.83 bits per heavy atom. The molecule has 124 valence electrons. The number of benzene rings is 1. The maximum absolute atomic E-state index is 10.4. The molecule has 23 heavy (non-hydrogen) atoms. The van der Waals surface area contributed by atoms with Crippen LogP contribution in [0.15, 0.2) is 60.1 Å². The standard InChI is InChI=1S/C11H16N.C7H8O3S/c1-3-5-9-12-10-7-6-8-11(12)4-2;1-6-2-4-7(5-3-6)11(8,9)10/h4,6-8,10H,2-3,5,9H2,1H3;2-5H,1H3,(H,8,9,10)/q+1;/p-1. The quantitative estimate of drug-likeness (QED) is 0.623. The summed E-state index contributed by atoms with van der Waals surface area (Å²) >= 11 is 0. The first-order valence-electron chi connectivity index (χ1n) is 7.52. The molecule has 0 aliphatic rings. The van der Waals surface area contributed by atoms with Gasteiger partial charge in [-0.05, 0) is 25.1 Å². The first kappa shape index (κ1) is 19.1. The van der Waals surface area contributed by atoms with Crippen LogP contribution < -0.4 is 4.57 Å². The normalized spacial score (nSPS) is 10.6. The molecule has 0 saturated heterocycles. The maximum atomic E-state index is 10.4. The number of unbranched alkanes of at least 4 members (excludes halogenated alkanes) is 1. The molecule has 0 spiro atoms. The Morgan fingerprint density at radius 3 is 2.35 bits per heavy atom. The minimum atomic E-state index is -4.27. The third-order valence-electron chi connectivity index (χ3n) is 3.25. The molecule has 0 amide bonds. The molecule has 0 saturated carbocycles. The summed E-state index contributed by atoms with van der Waals surface area (Å²) in [5.74, 6) is 0. The van der Waals surface area contributed by atoms with Crippen LogP contribution in [0.1, 0.15) is 31.0 Å². The van der Waals surface area contributed by atoms with Gasteiger partial charge < -0.3 is 4.55 Å². The fourth-order valence-corrected chi connectivity index (χ4v) is 2.38. The predicted molar refractivity (Wildman–Crippen MR) is 90.8 cm³/mol. The van der Waals surface area contributed by atoms with Crippen molar-refractivity contribution in [3.63, 3.8) is 0 Å². The molecule has 0 aliphatic carbocycles. The summed E-state index contributed by atoms with van der Waals surface area (Å²) in [5.41, 5.74) is 2.13. The fourth-order valence-electron chi connectivity index (χ4n) is 1.91. The molecule has 0 unspecified atom stereocenters. The van der Waals surface area contributed by atoms with E-state index in [1.54, 1.807) is 12.1 Å². The average Bonchev–Trinajstić information content (AvgIpc) is 2.53. The minimum absolute atomic E-state index is 0.178. The van der Waals surface area contributed by atoms with Crippen LogP contribution in [0.3, 0.4) is 0 Å². The summed E-state index contributed by atoms with van der Waals surface area (Å²) in [6.07, 6.45) is 6.47. The van der Waals surface area contributed by atoms with E-state index in [1.165, 1.54) is 30.7 Å². The smallest absolute Gasteiger partial charge is 0.204 e. The van der Waals surface area contributed by atoms with E-state index in [-0.39, 0.29) is 4.90 Å². The Morgan fingerprint density at radius 1 is 1.17 bits per heavy atom. The second kappa shape index (κ2) is 9.22. The van der Waals surface area contributed by atoms with Crippen molar-refractivity contribution in [1.29, 1.82) is 0 Å². The highest BCUT2D eigenvalue weighted by Gasteiger charge is 2.03. The van der Waals surface area contributed by atoms with Gasteiger partial charge in [0.05, 0.1) is 4.90 Å². The molecule has 1 heterocycles. The van der Waals surface area contributed by atoms with Crippen molar-refractivity contribution in [3.05, 3.63) is 66.5 Å². The zero-order valence-electron chi connectivity index (χ0n) is 13.6. The molecule has 2 rings (SSSR count). The van der Waals surface area contributed by atoms with Gasteiger partial charge in [0.25, 0.3) is 0 Å². The topological polar surface area (TPSA) is 61.1 Å². The number of pyridine rings is 1. The summed E-state index contributed by atoms with van der Waals surface area (Å²) < 4.78 is 33.4. The minimum Gasteiger partial charge on any atom is -0.744 e. The third kappa shape index (κ3) is 6.76. The second-order valence-electron chi connectivity index (χ2n) is 5.14. The molecule has 0 radical (unpaired) electrons. The summed E-state index contributed by atoms with van der Waals surface area (Å²) in [4.78, 5) is -0.178. The Bertz CT molecular complexity index is 722. The summed E-state index contributed by atoms with van der Waals surface area (Å²) in [7, 11) is -4.27. The highest BCUT2D eigenvalue weighted by atomic mass is 32.2. The van der Waals surface area contributed by atoms with Gasteiger partial charge in [-0.25, -0.2) is 8.42 Å². The van der Waals surface area contributed by atoms with Crippen LogP contribution in [-0.4, -0.2) is 13.0 Å². The molecule has 1 aromatic carbocycles. The molecule has 0 bridgehead atoms. The van der Waals surface area contributed by atoms with E-state index in [0.717, 1.165) is 12.1 Å². The Labute approximate surface area is 138 Å².